The van der Waals surface area contributed by atoms with Crippen molar-refractivity contribution in [2.45, 2.75) is 55.8 Å². The van der Waals surface area contributed by atoms with Gasteiger partial charge in [-0.05, 0) is 37.5 Å². The molecule has 0 unspecified atom stereocenters. The van der Waals surface area contributed by atoms with E-state index in [4.69, 9.17) is 0 Å². The normalized spacial score (nSPS) is 24.4. The number of aromatic nitrogens is 2. The van der Waals surface area contributed by atoms with E-state index in [2.05, 4.69) is 20.6 Å². The minimum Gasteiger partial charge on any atom is -0.340 e. The number of hydrogen-bond donors (Lipinski definition) is 2. The number of carbonyl (C=O) groups is 3. The molecule has 1 fully saturated rings. The van der Waals surface area contributed by atoms with Crippen LogP contribution in [0.5, 0.6) is 0 Å². The Morgan fingerprint density at radius 2 is 1.80 bits per heavy atom. The van der Waals surface area contributed by atoms with E-state index in [1.54, 1.807) is 12.1 Å². The van der Waals surface area contributed by atoms with Crippen LogP contribution < -0.4 is 10.6 Å². The van der Waals surface area contributed by atoms with Crippen molar-refractivity contribution in [2.75, 3.05) is 11.9 Å². The highest BCUT2D eigenvalue weighted by atomic mass is 19.4. The molecule has 0 saturated carbocycles. The molecule has 4 heterocycles. The molecule has 6 rings (SSSR count). The number of amides is 3. The third kappa shape index (κ3) is 4.74. The minimum absolute atomic E-state index is 0.0329. The molecule has 2 aromatic heterocycles. The van der Waals surface area contributed by atoms with Crippen LogP contribution in [0.15, 0.2) is 36.7 Å². The molecule has 2 aliphatic heterocycles. The largest absolute Gasteiger partial charge is 0.406 e. The number of fused-ring (bicyclic) bond motifs is 3. The van der Waals surface area contributed by atoms with Gasteiger partial charge in [-0.2, -0.15) is 13.2 Å². The summed E-state index contributed by atoms with van der Waals surface area (Å²) in [6.07, 6.45) is -2.49. The Morgan fingerprint density at radius 3 is 2.48 bits per heavy atom. The van der Waals surface area contributed by atoms with Crippen LogP contribution in [0.2, 0.25) is 0 Å². The maximum atomic E-state index is 14.8. The van der Waals surface area contributed by atoms with E-state index >= 15 is 0 Å². The highest BCUT2D eigenvalue weighted by Gasteiger charge is 2.52. The smallest absolute Gasteiger partial charge is 0.340 e. The zero-order chi connectivity index (χ0) is 31.7. The molecule has 2 N–H and O–H groups in total. The van der Waals surface area contributed by atoms with E-state index < -0.39 is 83.2 Å². The van der Waals surface area contributed by atoms with Crippen molar-refractivity contribution in [3.05, 3.63) is 87.9 Å². The summed E-state index contributed by atoms with van der Waals surface area (Å²) >= 11 is 0. The van der Waals surface area contributed by atoms with Gasteiger partial charge in [-0.3, -0.25) is 19.4 Å². The van der Waals surface area contributed by atoms with Crippen LogP contribution in [0.4, 0.5) is 36.6 Å². The topological polar surface area (TPSA) is 104 Å². The van der Waals surface area contributed by atoms with Crippen LogP contribution in [0.3, 0.4) is 0 Å². The molecular weight excluding hydrogens is 599 g/mol. The Labute approximate surface area is 244 Å². The lowest BCUT2D eigenvalue weighted by Crippen LogP contribution is -2.60. The van der Waals surface area contributed by atoms with Gasteiger partial charge in [0, 0.05) is 53.7 Å². The van der Waals surface area contributed by atoms with Crippen LogP contribution in [-0.2, 0) is 27.8 Å². The number of piperidine rings is 1. The predicted molar refractivity (Wildman–Crippen MR) is 138 cm³/mol. The van der Waals surface area contributed by atoms with Gasteiger partial charge in [-0.25, -0.2) is 22.5 Å². The van der Waals surface area contributed by atoms with Crippen LogP contribution >= 0.6 is 0 Å². The number of carbonyl (C=O) groups excluding carboxylic acids is 3. The Morgan fingerprint density at radius 1 is 1.09 bits per heavy atom. The zero-order valence-corrected chi connectivity index (χ0v) is 22.7. The highest BCUT2D eigenvalue weighted by molar-refractivity contribution is 6.06. The first-order chi connectivity index (χ1) is 20.7. The second-order valence-electron chi connectivity index (χ2n) is 11.2. The van der Waals surface area contributed by atoms with E-state index in [-0.39, 0.29) is 35.3 Å². The van der Waals surface area contributed by atoms with Crippen LogP contribution in [0.1, 0.15) is 52.0 Å². The van der Waals surface area contributed by atoms with Gasteiger partial charge in [-0.15, -0.1) is 0 Å². The molecule has 230 valence electrons. The lowest BCUT2D eigenvalue weighted by atomic mass is 9.80. The molecule has 44 heavy (non-hydrogen) atoms. The van der Waals surface area contributed by atoms with E-state index in [0.29, 0.717) is 22.6 Å². The first-order valence-electron chi connectivity index (χ1n) is 13.5. The maximum absolute atomic E-state index is 14.8. The van der Waals surface area contributed by atoms with E-state index in [1.807, 2.05) is 0 Å². The number of pyridine rings is 2. The molecule has 3 aromatic rings. The first kappa shape index (κ1) is 29.5. The van der Waals surface area contributed by atoms with Gasteiger partial charge in [0.15, 0.2) is 23.3 Å². The van der Waals surface area contributed by atoms with Gasteiger partial charge >= 0.3 is 6.18 Å². The number of benzene rings is 1. The number of anilines is 1. The summed E-state index contributed by atoms with van der Waals surface area (Å²) < 4.78 is 97.9. The molecule has 3 amide bonds. The molecule has 0 bridgehead atoms. The standard InChI is InChI=1S/C29H22F7N5O3/c1-12-15(21-22(32)17(30)7-18(31)23(21)33)6-19(26(43)41(12)11-29(34,35)36)39-25(42)14-5-13-8-28(9-20(13)38-10-14)16-3-2-4-37-24(16)40-27(28)44/h2-5,7,10,12,15,19H,6,8-9,11H2,1H3,(H,39,42)(H,37,40,44)/t12-,15-,19+,28+/m1/s1. The number of rotatable bonds is 4. The summed E-state index contributed by atoms with van der Waals surface area (Å²) in [5.74, 6) is -10.8. The fourth-order valence-corrected chi connectivity index (χ4v) is 6.46. The quantitative estimate of drug-likeness (QED) is 0.338. The molecule has 8 nitrogen and oxygen atoms in total. The third-order valence-electron chi connectivity index (χ3n) is 8.59. The second-order valence-corrected chi connectivity index (χ2v) is 11.2. The van der Waals surface area contributed by atoms with Gasteiger partial charge in [0.05, 0.1) is 11.0 Å². The van der Waals surface area contributed by atoms with Crippen molar-refractivity contribution in [1.29, 1.82) is 0 Å². The van der Waals surface area contributed by atoms with E-state index in [1.165, 1.54) is 18.5 Å². The Hall–Kier alpha value is -4.56. The monoisotopic (exact) mass is 621 g/mol. The fraction of sp³-hybridized carbons (Fsp3) is 0.345. The SMILES string of the molecule is C[C@@H]1[C@H](c2c(F)c(F)cc(F)c2F)C[C@H](NC(=O)c2cnc3c(c2)C[C@@]2(C3)C(=O)Nc3ncccc32)C(=O)N1CC(F)(F)F. The summed E-state index contributed by atoms with van der Waals surface area (Å²) in [5, 5.41) is 5.04. The Balaban J connectivity index is 1.29. The summed E-state index contributed by atoms with van der Waals surface area (Å²) in [5.41, 5.74) is -0.507. The zero-order valence-electron chi connectivity index (χ0n) is 22.7. The van der Waals surface area contributed by atoms with Gasteiger partial charge in [0.1, 0.15) is 18.4 Å². The summed E-state index contributed by atoms with van der Waals surface area (Å²) in [7, 11) is 0. The van der Waals surface area contributed by atoms with Crippen molar-refractivity contribution < 1.29 is 45.1 Å². The molecule has 1 aromatic carbocycles. The number of nitrogens with zero attached hydrogens (tertiary/aromatic N) is 3. The lowest BCUT2D eigenvalue weighted by molar-refractivity contribution is -0.170. The van der Waals surface area contributed by atoms with Crippen molar-refractivity contribution in [3.63, 3.8) is 0 Å². The average Bonchev–Trinajstić information content (AvgIpc) is 3.48. The maximum Gasteiger partial charge on any atom is 0.406 e. The molecule has 1 aliphatic carbocycles. The van der Waals surface area contributed by atoms with Crippen molar-refractivity contribution in [2.24, 2.45) is 0 Å². The summed E-state index contributed by atoms with van der Waals surface area (Å²) in [6.45, 7) is -0.765. The Bertz CT molecular complexity index is 1710. The van der Waals surface area contributed by atoms with Crippen LogP contribution in [0.25, 0.3) is 0 Å². The van der Waals surface area contributed by atoms with Crippen LogP contribution in [-0.4, -0.2) is 57.4 Å². The van der Waals surface area contributed by atoms with Gasteiger partial charge < -0.3 is 15.5 Å². The molecule has 4 atom stereocenters. The number of hydrogen-bond acceptors (Lipinski definition) is 5. The number of nitrogens with one attached hydrogen (secondary N) is 2. The number of halogens is 7. The Kier molecular flexibility index (Phi) is 6.89. The van der Waals surface area contributed by atoms with Crippen molar-refractivity contribution in [3.8, 4) is 0 Å². The molecule has 1 spiro atoms. The lowest BCUT2D eigenvalue weighted by Gasteiger charge is -2.43. The van der Waals surface area contributed by atoms with Gasteiger partial charge in [-0.1, -0.05) is 6.07 Å². The van der Waals surface area contributed by atoms with E-state index in [9.17, 15) is 45.1 Å². The highest BCUT2D eigenvalue weighted by Crippen LogP contribution is 2.46. The van der Waals surface area contributed by atoms with Gasteiger partial charge in [0.25, 0.3) is 5.91 Å². The van der Waals surface area contributed by atoms with E-state index in [0.717, 1.165) is 6.92 Å². The van der Waals surface area contributed by atoms with Crippen molar-refractivity contribution in [1.82, 2.24) is 20.2 Å². The molecule has 1 saturated heterocycles. The fourth-order valence-electron chi connectivity index (χ4n) is 6.46. The van der Waals surface area contributed by atoms with Crippen LogP contribution in [0, 0.1) is 23.3 Å². The molecule has 3 aliphatic rings. The number of likely N-dealkylation sites (tertiary alicyclic amines) is 1. The molecule has 15 heteroatoms. The summed E-state index contributed by atoms with van der Waals surface area (Å²) in [4.78, 5) is 48.2. The molecule has 0 radical (unpaired) electrons. The second kappa shape index (κ2) is 10.3. The number of alkyl halides is 3. The summed E-state index contributed by atoms with van der Waals surface area (Å²) in [6, 6.07) is 1.56. The predicted octanol–water partition coefficient (Wildman–Crippen LogP) is 4.09. The average molecular weight is 622 g/mol. The minimum atomic E-state index is -4.94. The third-order valence-corrected chi connectivity index (χ3v) is 8.59. The molecular formula is C29H22F7N5O3. The first-order valence-corrected chi connectivity index (χ1v) is 13.5. The van der Waals surface area contributed by atoms with Gasteiger partial charge in [0.2, 0.25) is 11.8 Å². The van der Waals surface area contributed by atoms with Crippen molar-refractivity contribution >= 4 is 23.5 Å².